The highest BCUT2D eigenvalue weighted by molar-refractivity contribution is 6.00. The molecule has 0 radical (unpaired) electrons. The van der Waals surface area contributed by atoms with E-state index in [1.54, 1.807) is 18.3 Å². The fourth-order valence-corrected chi connectivity index (χ4v) is 1.85. The van der Waals surface area contributed by atoms with E-state index in [1.165, 1.54) is 12.5 Å². The quantitative estimate of drug-likeness (QED) is 0.651. The van der Waals surface area contributed by atoms with Crippen LogP contribution >= 0.6 is 0 Å². The number of Topliss-reactive ketones (excluding diaryl/α,β-unsaturated/α-hetero) is 1. The van der Waals surface area contributed by atoms with Crippen molar-refractivity contribution in [2.45, 2.75) is 20.4 Å². The standard InChI is InChI=1S/C15H17N3O/c1-10-5-6-17-8-12(10)9-18-13-3-4-15(16)14(7-13)11(2)19/h3-8,18H,9,16H2,1-2H3. The summed E-state index contributed by atoms with van der Waals surface area (Å²) in [7, 11) is 0. The SMILES string of the molecule is CC(=O)c1cc(NCc2cnccc2C)ccc1N. The van der Waals surface area contributed by atoms with Gasteiger partial charge < -0.3 is 11.1 Å². The number of nitrogen functional groups attached to an aromatic ring is 1. The van der Waals surface area contributed by atoms with Crippen molar-refractivity contribution in [3.63, 3.8) is 0 Å². The number of nitrogens with zero attached hydrogens (tertiary/aromatic N) is 1. The van der Waals surface area contributed by atoms with Crippen molar-refractivity contribution in [1.82, 2.24) is 4.98 Å². The van der Waals surface area contributed by atoms with Gasteiger partial charge in [-0.05, 0) is 49.2 Å². The second-order valence-corrected chi connectivity index (χ2v) is 4.51. The van der Waals surface area contributed by atoms with Crippen LogP contribution in [0.1, 0.15) is 28.4 Å². The lowest BCUT2D eigenvalue weighted by Crippen LogP contribution is -2.05. The van der Waals surface area contributed by atoms with Gasteiger partial charge in [0.1, 0.15) is 0 Å². The van der Waals surface area contributed by atoms with Gasteiger partial charge in [0.15, 0.2) is 5.78 Å². The third kappa shape index (κ3) is 3.10. The van der Waals surface area contributed by atoms with Crippen LogP contribution in [-0.2, 0) is 6.54 Å². The summed E-state index contributed by atoms with van der Waals surface area (Å²) in [6.07, 6.45) is 3.61. The highest BCUT2D eigenvalue weighted by Crippen LogP contribution is 2.19. The maximum atomic E-state index is 11.4. The van der Waals surface area contributed by atoms with E-state index in [1.807, 2.05) is 25.3 Å². The van der Waals surface area contributed by atoms with Crippen molar-refractivity contribution < 1.29 is 4.79 Å². The highest BCUT2D eigenvalue weighted by Gasteiger charge is 2.06. The first-order valence-electron chi connectivity index (χ1n) is 6.12. The Balaban J connectivity index is 2.14. The summed E-state index contributed by atoms with van der Waals surface area (Å²) in [6.45, 7) is 4.23. The van der Waals surface area contributed by atoms with E-state index in [4.69, 9.17) is 5.73 Å². The molecule has 1 heterocycles. The normalized spacial score (nSPS) is 10.2. The molecule has 0 fully saturated rings. The second-order valence-electron chi connectivity index (χ2n) is 4.51. The van der Waals surface area contributed by atoms with Crippen LogP contribution in [0.3, 0.4) is 0 Å². The number of nitrogens with one attached hydrogen (secondary N) is 1. The molecule has 0 atom stereocenters. The molecular weight excluding hydrogens is 238 g/mol. The van der Waals surface area contributed by atoms with Crippen LogP contribution in [0.4, 0.5) is 11.4 Å². The van der Waals surface area contributed by atoms with E-state index in [-0.39, 0.29) is 5.78 Å². The number of carbonyl (C=O) groups is 1. The van der Waals surface area contributed by atoms with Crippen molar-refractivity contribution in [3.05, 3.63) is 53.3 Å². The molecule has 0 aliphatic heterocycles. The molecule has 19 heavy (non-hydrogen) atoms. The Morgan fingerprint density at radius 2 is 2.16 bits per heavy atom. The zero-order valence-electron chi connectivity index (χ0n) is 11.1. The van der Waals surface area contributed by atoms with Crippen LogP contribution in [0.15, 0.2) is 36.7 Å². The molecule has 0 unspecified atom stereocenters. The first-order valence-corrected chi connectivity index (χ1v) is 6.12. The van der Waals surface area contributed by atoms with Gasteiger partial charge >= 0.3 is 0 Å². The van der Waals surface area contributed by atoms with E-state index in [9.17, 15) is 4.79 Å². The maximum absolute atomic E-state index is 11.4. The summed E-state index contributed by atoms with van der Waals surface area (Å²) in [6, 6.07) is 7.37. The van der Waals surface area contributed by atoms with E-state index in [0.29, 0.717) is 17.8 Å². The molecule has 0 saturated carbocycles. The maximum Gasteiger partial charge on any atom is 0.161 e. The monoisotopic (exact) mass is 255 g/mol. The number of aromatic nitrogens is 1. The number of anilines is 2. The van der Waals surface area contributed by atoms with Gasteiger partial charge in [0.05, 0.1) is 0 Å². The zero-order chi connectivity index (χ0) is 13.8. The van der Waals surface area contributed by atoms with E-state index >= 15 is 0 Å². The molecule has 2 rings (SSSR count). The van der Waals surface area contributed by atoms with Crippen molar-refractivity contribution in [2.75, 3.05) is 11.1 Å². The molecule has 1 aromatic carbocycles. The Morgan fingerprint density at radius 1 is 1.37 bits per heavy atom. The van der Waals surface area contributed by atoms with Gasteiger partial charge in [0, 0.05) is 35.9 Å². The summed E-state index contributed by atoms with van der Waals surface area (Å²) in [4.78, 5) is 15.5. The average molecular weight is 255 g/mol. The summed E-state index contributed by atoms with van der Waals surface area (Å²) in [5.41, 5.74) is 10.0. The molecule has 3 N–H and O–H groups in total. The number of ketones is 1. The lowest BCUT2D eigenvalue weighted by Gasteiger charge is -2.10. The van der Waals surface area contributed by atoms with Crippen molar-refractivity contribution in [1.29, 1.82) is 0 Å². The first kappa shape index (κ1) is 13.1. The minimum Gasteiger partial charge on any atom is -0.398 e. The topological polar surface area (TPSA) is 68.0 Å². The average Bonchev–Trinajstić information content (AvgIpc) is 2.39. The van der Waals surface area contributed by atoms with Crippen LogP contribution in [0.5, 0.6) is 0 Å². The predicted octanol–water partition coefficient (Wildman–Crippen LogP) is 2.79. The molecule has 0 aliphatic rings. The molecule has 4 heteroatoms. The Morgan fingerprint density at radius 3 is 2.84 bits per heavy atom. The fraction of sp³-hybridized carbons (Fsp3) is 0.200. The number of pyridine rings is 1. The van der Waals surface area contributed by atoms with Gasteiger partial charge in [-0.15, -0.1) is 0 Å². The fourth-order valence-electron chi connectivity index (χ4n) is 1.85. The van der Waals surface area contributed by atoms with Gasteiger partial charge in [-0.1, -0.05) is 0 Å². The molecule has 2 aromatic rings. The first-order chi connectivity index (χ1) is 9.08. The largest absolute Gasteiger partial charge is 0.398 e. The minimum atomic E-state index is -0.0290. The molecule has 4 nitrogen and oxygen atoms in total. The Labute approximate surface area is 112 Å². The summed E-state index contributed by atoms with van der Waals surface area (Å²) < 4.78 is 0. The Hall–Kier alpha value is -2.36. The molecule has 0 amide bonds. The number of rotatable bonds is 4. The van der Waals surface area contributed by atoms with Gasteiger partial charge in [0.2, 0.25) is 0 Å². The minimum absolute atomic E-state index is 0.0290. The summed E-state index contributed by atoms with van der Waals surface area (Å²) in [5.74, 6) is -0.0290. The lowest BCUT2D eigenvalue weighted by molar-refractivity contribution is 0.101. The zero-order valence-corrected chi connectivity index (χ0v) is 11.1. The Bertz CT molecular complexity index is 608. The molecule has 0 bridgehead atoms. The second kappa shape index (κ2) is 5.52. The van der Waals surface area contributed by atoms with Gasteiger partial charge in [-0.3, -0.25) is 9.78 Å². The Kier molecular flexibility index (Phi) is 3.80. The summed E-state index contributed by atoms with van der Waals surface area (Å²) >= 11 is 0. The molecule has 0 aliphatic carbocycles. The number of carbonyl (C=O) groups excluding carboxylic acids is 1. The van der Waals surface area contributed by atoms with Crippen LogP contribution in [-0.4, -0.2) is 10.8 Å². The number of hydrogen-bond acceptors (Lipinski definition) is 4. The number of benzene rings is 1. The number of nitrogens with two attached hydrogens (primary N) is 1. The molecular formula is C15H17N3O. The van der Waals surface area contributed by atoms with E-state index in [0.717, 1.165) is 11.3 Å². The molecule has 0 spiro atoms. The lowest BCUT2D eigenvalue weighted by atomic mass is 10.1. The van der Waals surface area contributed by atoms with Crippen molar-refractivity contribution in [2.24, 2.45) is 0 Å². The predicted molar refractivity (Wildman–Crippen MR) is 77.2 cm³/mol. The van der Waals surface area contributed by atoms with Gasteiger partial charge in [-0.25, -0.2) is 0 Å². The van der Waals surface area contributed by atoms with Gasteiger partial charge in [0.25, 0.3) is 0 Å². The highest BCUT2D eigenvalue weighted by atomic mass is 16.1. The third-order valence-electron chi connectivity index (χ3n) is 3.06. The molecule has 0 saturated heterocycles. The summed E-state index contributed by atoms with van der Waals surface area (Å²) in [5, 5.41) is 3.28. The van der Waals surface area contributed by atoms with Crippen LogP contribution < -0.4 is 11.1 Å². The third-order valence-corrected chi connectivity index (χ3v) is 3.06. The van der Waals surface area contributed by atoms with Crippen molar-refractivity contribution in [3.8, 4) is 0 Å². The van der Waals surface area contributed by atoms with Crippen molar-refractivity contribution >= 4 is 17.2 Å². The van der Waals surface area contributed by atoms with Crippen LogP contribution in [0.2, 0.25) is 0 Å². The number of hydrogen-bond donors (Lipinski definition) is 2. The smallest absolute Gasteiger partial charge is 0.161 e. The molecule has 1 aromatic heterocycles. The van der Waals surface area contributed by atoms with Crippen LogP contribution in [0, 0.1) is 6.92 Å². The number of aryl methyl sites for hydroxylation is 1. The van der Waals surface area contributed by atoms with Gasteiger partial charge in [-0.2, -0.15) is 0 Å². The van der Waals surface area contributed by atoms with E-state index < -0.39 is 0 Å². The van der Waals surface area contributed by atoms with Crippen LogP contribution in [0.25, 0.3) is 0 Å². The molecule has 98 valence electrons. The van der Waals surface area contributed by atoms with E-state index in [2.05, 4.69) is 10.3 Å².